The number of nitrogens with zero attached hydrogens (tertiary/aromatic N) is 2. The summed E-state index contributed by atoms with van der Waals surface area (Å²) < 4.78 is 27.0. The first-order valence-corrected chi connectivity index (χ1v) is 15.1. The van der Waals surface area contributed by atoms with E-state index < -0.39 is 28.5 Å². The molecule has 0 spiro atoms. The summed E-state index contributed by atoms with van der Waals surface area (Å²) in [4.78, 5) is 28.5. The zero-order valence-corrected chi connectivity index (χ0v) is 24.1. The number of halogens is 2. The summed E-state index contributed by atoms with van der Waals surface area (Å²) in [5, 5.41) is 5.15. The molecule has 0 fully saturated rings. The van der Waals surface area contributed by atoms with Gasteiger partial charge < -0.3 is 10.2 Å². The largest absolute Gasteiger partial charge is 0.354 e. The number of nitrogens with one attached hydrogen (secondary N) is 1. The second kappa shape index (κ2) is 13.3. The molecule has 0 bridgehead atoms. The SMILES string of the molecule is CCCCNC(=O)[C@@H](CC)N(Cc1ccc(Cl)c(Cl)c1)C(=O)CN(c1cccc2ccccc12)S(C)(=O)=O. The highest BCUT2D eigenvalue weighted by Gasteiger charge is 2.32. The highest BCUT2D eigenvalue weighted by atomic mass is 35.5. The Kier molecular flexibility index (Phi) is 10.4. The predicted octanol–water partition coefficient (Wildman–Crippen LogP) is 5.64. The molecule has 0 aliphatic carbocycles. The molecule has 0 saturated heterocycles. The molecule has 3 rings (SSSR count). The second-order valence-electron chi connectivity index (χ2n) is 9.11. The van der Waals surface area contributed by atoms with Gasteiger partial charge in [-0.15, -0.1) is 0 Å². The highest BCUT2D eigenvalue weighted by Crippen LogP contribution is 2.29. The van der Waals surface area contributed by atoms with Gasteiger partial charge >= 0.3 is 0 Å². The van der Waals surface area contributed by atoms with Crippen LogP contribution in [0, 0.1) is 0 Å². The Morgan fingerprint density at radius 3 is 2.34 bits per heavy atom. The zero-order chi connectivity index (χ0) is 27.9. The molecule has 0 saturated carbocycles. The van der Waals surface area contributed by atoms with Crippen LogP contribution in [0.15, 0.2) is 60.7 Å². The lowest BCUT2D eigenvalue weighted by Gasteiger charge is -2.33. The first-order valence-electron chi connectivity index (χ1n) is 12.5. The average molecular weight is 579 g/mol. The molecule has 204 valence electrons. The van der Waals surface area contributed by atoms with E-state index >= 15 is 0 Å². The van der Waals surface area contributed by atoms with Crippen LogP contribution in [0.5, 0.6) is 0 Å². The van der Waals surface area contributed by atoms with Crippen LogP contribution in [0.1, 0.15) is 38.7 Å². The van der Waals surface area contributed by atoms with E-state index in [-0.39, 0.29) is 12.5 Å². The molecule has 0 radical (unpaired) electrons. The summed E-state index contributed by atoms with van der Waals surface area (Å²) in [7, 11) is -3.85. The summed E-state index contributed by atoms with van der Waals surface area (Å²) >= 11 is 12.3. The number of carbonyl (C=O) groups is 2. The summed E-state index contributed by atoms with van der Waals surface area (Å²) in [6.07, 6.45) is 3.14. The fourth-order valence-electron chi connectivity index (χ4n) is 4.28. The summed E-state index contributed by atoms with van der Waals surface area (Å²) in [5.41, 5.74) is 1.07. The van der Waals surface area contributed by atoms with Crippen molar-refractivity contribution < 1.29 is 18.0 Å². The second-order valence-corrected chi connectivity index (χ2v) is 11.8. The van der Waals surface area contributed by atoms with Gasteiger partial charge in [0.1, 0.15) is 12.6 Å². The predicted molar refractivity (Wildman–Crippen MR) is 155 cm³/mol. The molecule has 1 atom stereocenters. The lowest BCUT2D eigenvalue weighted by molar-refractivity contribution is -0.140. The normalized spacial score (nSPS) is 12.2. The van der Waals surface area contributed by atoms with Gasteiger partial charge in [-0.25, -0.2) is 8.42 Å². The Bertz CT molecular complexity index is 1390. The fraction of sp³-hybridized carbons (Fsp3) is 0.357. The smallest absolute Gasteiger partial charge is 0.244 e. The molecule has 38 heavy (non-hydrogen) atoms. The Balaban J connectivity index is 2.01. The molecule has 0 heterocycles. The van der Waals surface area contributed by atoms with Crippen molar-refractivity contribution in [1.82, 2.24) is 10.2 Å². The molecule has 0 unspecified atom stereocenters. The molecule has 3 aromatic carbocycles. The van der Waals surface area contributed by atoms with E-state index in [1.165, 1.54) is 4.90 Å². The monoisotopic (exact) mass is 577 g/mol. The molecular formula is C28H33Cl2N3O4S. The van der Waals surface area contributed by atoms with Gasteiger partial charge in [-0.05, 0) is 42.0 Å². The number of anilines is 1. The molecule has 7 nitrogen and oxygen atoms in total. The molecule has 0 aliphatic rings. The third-order valence-corrected chi connectivity index (χ3v) is 8.13. The average Bonchev–Trinajstić information content (AvgIpc) is 2.88. The van der Waals surface area contributed by atoms with Crippen molar-refractivity contribution in [3.63, 3.8) is 0 Å². The van der Waals surface area contributed by atoms with E-state index in [1.807, 2.05) is 44.2 Å². The number of fused-ring (bicyclic) bond motifs is 1. The summed E-state index contributed by atoms with van der Waals surface area (Å²) in [6.45, 7) is 3.93. The van der Waals surface area contributed by atoms with Gasteiger partial charge in [0.25, 0.3) is 0 Å². The first kappa shape index (κ1) is 29.7. The van der Waals surface area contributed by atoms with Crippen molar-refractivity contribution in [2.75, 3.05) is 23.7 Å². The third-order valence-electron chi connectivity index (χ3n) is 6.27. The number of sulfonamides is 1. The Labute approximate surface area is 234 Å². The van der Waals surface area contributed by atoms with Crippen molar-refractivity contribution in [1.29, 1.82) is 0 Å². The van der Waals surface area contributed by atoms with Gasteiger partial charge in [0.15, 0.2) is 0 Å². The van der Waals surface area contributed by atoms with E-state index in [1.54, 1.807) is 30.3 Å². The maximum Gasteiger partial charge on any atom is 0.244 e. The molecule has 2 amide bonds. The zero-order valence-electron chi connectivity index (χ0n) is 21.8. The minimum absolute atomic E-state index is 0.0581. The Morgan fingerprint density at radius 1 is 0.974 bits per heavy atom. The van der Waals surface area contributed by atoms with Crippen LogP contribution in [0.3, 0.4) is 0 Å². The quantitative estimate of drug-likeness (QED) is 0.282. The van der Waals surface area contributed by atoms with Crippen molar-refractivity contribution in [2.24, 2.45) is 0 Å². The van der Waals surface area contributed by atoms with Crippen LogP contribution < -0.4 is 9.62 Å². The number of hydrogen-bond acceptors (Lipinski definition) is 4. The summed E-state index contributed by atoms with van der Waals surface area (Å²) in [6, 6.07) is 16.9. The fourth-order valence-corrected chi connectivity index (χ4v) is 5.46. The van der Waals surface area contributed by atoms with Crippen LogP contribution in [0.4, 0.5) is 5.69 Å². The topological polar surface area (TPSA) is 86.8 Å². The van der Waals surface area contributed by atoms with Gasteiger partial charge in [-0.3, -0.25) is 13.9 Å². The number of hydrogen-bond donors (Lipinski definition) is 1. The number of amides is 2. The lowest BCUT2D eigenvalue weighted by Crippen LogP contribution is -2.52. The molecular weight excluding hydrogens is 545 g/mol. The van der Waals surface area contributed by atoms with Gasteiger partial charge in [0.05, 0.1) is 22.0 Å². The van der Waals surface area contributed by atoms with E-state index in [0.29, 0.717) is 39.6 Å². The van der Waals surface area contributed by atoms with Gasteiger partial charge in [-0.2, -0.15) is 0 Å². The van der Waals surface area contributed by atoms with Crippen LogP contribution in [0.25, 0.3) is 10.8 Å². The maximum atomic E-state index is 13.9. The van der Waals surface area contributed by atoms with Crippen LogP contribution in [-0.4, -0.2) is 50.5 Å². The molecule has 1 N–H and O–H groups in total. The van der Waals surface area contributed by atoms with Crippen LogP contribution in [-0.2, 0) is 26.2 Å². The molecule has 0 aromatic heterocycles. The van der Waals surface area contributed by atoms with E-state index in [0.717, 1.165) is 28.8 Å². The third kappa shape index (κ3) is 7.40. The number of carbonyl (C=O) groups excluding carboxylic acids is 2. The molecule has 10 heteroatoms. The number of rotatable bonds is 12. The van der Waals surface area contributed by atoms with E-state index in [2.05, 4.69) is 5.32 Å². The standard InChI is InChI=1S/C28H33Cl2N3O4S/c1-4-6-16-31-28(35)25(5-2)32(18-20-14-15-23(29)24(30)17-20)27(34)19-33(38(3,36)37)26-13-9-11-21-10-7-8-12-22(21)26/h7-15,17,25H,4-6,16,18-19H2,1-3H3,(H,31,35)/t25-/m1/s1. The van der Waals surface area contributed by atoms with Crippen molar-refractivity contribution in [3.05, 3.63) is 76.3 Å². The highest BCUT2D eigenvalue weighted by molar-refractivity contribution is 7.92. The van der Waals surface area contributed by atoms with E-state index in [9.17, 15) is 18.0 Å². The van der Waals surface area contributed by atoms with Crippen molar-refractivity contribution in [3.8, 4) is 0 Å². The van der Waals surface area contributed by atoms with E-state index in [4.69, 9.17) is 23.2 Å². The van der Waals surface area contributed by atoms with Gasteiger partial charge in [-0.1, -0.05) is 85.9 Å². The van der Waals surface area contributed by atoms with Gasteiger partial charge in [0.2, 0.25) is 21.8 Å². The minimum Gasteiger partial charge on any atom is -0.354 e. The van der Waals surface area contributed by atoms with Crippen LogP contribution in [0.2, 0.25) is 10.0 Å². The number of unbranched alkanes of at least 4 members (excludes halogenated alkanes) is 1. The van der Waals surface area contributed by atoms with Gasteiger partial charge in [0, 0.05) is 18.5 Å². The van der Waals surface area contributed by atoms with Crippen LogP contribution >= 0.6 is 23.2 Å². The lowest BCUT2D eigenvalue weighted by atomic mass is 10.1. The maximum absolute atomic E-state index is 13.9. The Morgan fingerprint density at radius 2 is 1.68 bits per heavy atom. The number of benzene rings is 3. The minimum atomic E-state index is -3.85. The van der Waals surface area contributed by atoms with Crippen molar-refractivity contribution in [2.45, 2.75) is 45.7 Å². The summed E-state index contributed by atoms with van der Waals surface area (Å²) in [5.74, 6) is -0.794. The molecule has 3 aromatic rings. The van der Waals surface area contributed by atoms with Crippen molar-refractivity contribution >= 4 is 61.5 Å². The molecule has 0 aliphatic heterocycles. The first-order chi connectivity index (χ1) is 18.1. The Hall–Kier alpha value is -2.81.